The van der Waals surface area contributed by atoms with Gasteiger partial charge in [0.05, 0.1) is 99.1 Å². The van der Waals surface area contributed by atoms with E-state index in [1.807, 2.05) is 0 Å². The van der Waals surface area contributed by atoms with Gasteiger partial charge in [-0.2, -0.15) is 0 Å². The molecule has 0 unspecified atom stereocenters. The highest BCUT2D eigenvalue weighted by atomic mass is 16.6. The molecule has 0 aromatic heterocycles. The van der Waals surface area contributed by atoms with Crippen LogP contribution in [-0.4, -0.2) is 129 Å². The van der Waals surface area contributed by atoms with Gasteiger partial charge in [0.2, 0.25) is 5.91 Å². The Balaban J connectivity index is 3.09. The second kappa shape index (κ2) is 31.8. The number of carboxylic acid groups (broad SMARTS) is 1. The fraction of sp³-hybridized carbons (Fsp3) is 0.923. The van der Waals surface area contributed by atoms with Crippen molar-refractivity contribution in [1.82, 2.24) is 5.32 Å². The van der Waals surface area contributed by atoms with Gasteiger partial charge in [0.15, 0.2) is 0 Å². The van der Waals surface area contributed by atoms with Gasteiger partial charge in [-0.15, -0.1) is 0 Å². The summed E-state index contributed by atoms with van der Waals surface area (Å²) < 4.78 is 43.4. The topological polar surface area (TPSA) is 140 Å². The Labute approximate surface area is 227 Å². The molecule has 0 saturated carbocycles. The van der Waals surface area contributed by atoms with Crippen molar-refractivity contribution in [2.75, 3.05) is 112 Å². The highest BCUT2D eigenvalue weighted by Gasteiger charge is 2.02. The van der Waals surface area contributed by atoms with E-state index in [0.717, 1.165) is 13.0 Å². The molecular weight excluding hydrogens is 502 g/mol. The molecule has 38 heavy (non-hydrogen) atoms. The molecule has 0 aliphatic heterocycles. The summed E-state index contributed by atoms with van der Waals surface area (Å²) in [6, 6.07) is 0. The lowest BCUT2D eigenvalue weighted by Crippen LogP contribution is -2.26. The lowest BCUT2D eigenvalue weighted by Gasteiger charge is -2.09. The van der Waals surface area contributed by atoms with E-state index >= 15 is 0 Å². The molecule has 0 spiro atoms. The van der Waals surface area contributed by atoms with Crippen LogP contribution in [0.5, 0.6) is 0 Å². The smallest absolute Gasteiger partial charge is 0.303 e. The number of amides is 1. The third-order valence-electron chi connectivity index (χ3n) is 4.86. The van der Waals surface area contributed by atoms with Crippen LogP contribution in [0, 0.1) is 0 Å². The Morgan fingerprint density at radius 1 is 0.500 bits per heavy atom. The minimum absolute atomic E-state index is 0.0458. The van der Waals surface area contributed by atoms with Crippen molar-refractivity contribution in [3.8, 4) is 0 Å². The zero-order valence-corrected chi connectivity index (χ0v) is 23.3. The normalized spacial score (nSPS) is 11.2. The maximum Gasteiger partial charge on any atom is 0.303 e. The number of ether oxygens (including phenoxy) is 8. The number of carbonyl (C=O) groups excluding carboxylic acids is 1. The molecule has 2 N–H and O–H groups in total. The predicted octanol–water partition coefficient (Wildman–Crippen LogP) is 1.68. The summed E-state index contributed by atoms with van der Waals surface area (Å²) in [5, 5.41) is 11.2. The summed E-state index contributed by atoms with van der Waals surface area (Å²) in [5.74, 6) is -1.02. The number of hydrogen-bond donors (Lipinski definition) is 2. The van der Waals surface area contributed by atoms with Gasteiger partial charge in [-0.05, 0) is 12.8 Å². The lowest BCUT2D eigenvalue weighted by atomic mass is 10.3. The SMILES string of the molecule is CCCCCOCCOCCOCCOCCOCCOCCOCCOCCC(=O)NCCCC(=O)O. The molecule has 0 bridgehead atoms. The second-order valence-corrected chi connectivity index (χ2v) is 8.20. The van der Waals surface area contributed by atoms with E-state index in [9.17, 15) is 9.59 Å². The van der Waals surface area contributed by atoms with E-state index in [-0.39, 0.29) is 18.7 Å². The van der Waals surface area contributed by atoms with Crippen molar-refractivity contribution >= 4 is 11.9 Å². The molecule has 226 valence electrons. The number of hydrogen-bond acceptors (Lipinski definition) is 10. The molecule has 0 aliphatic rings. The van der Waals surface area contributed by atoms with Crippen molar-refractivity contribution < 1.29 is 52.6 Å². The first kappa shape index (κ1) is 36.6. The molecule has 0 aliphatic carbocycles. The predicted molar refractivity (Wildman–Crippen MR) is 141 cm³/mol. The monoisotopic (exact) mass is 553 g/mol. The van der Waals surface area contributed by atoms with Crippen molar-refractivity contribution in [1.29, 1.82) is 0 Å². The molecule has 0 aromatic carbocycles. The molecule has 12 nitrogen and oxygen atoms in total. The van der Waals surface area contributed by atoms with Crippen molar-refractivity contribution in [2.24, 2.45) is 0 Å². The van der Waals surface area contributed by atoms with Crippen LogP contribution in [0.4, 0.5) is 0 Å². The standard InChI is InChI=1S/C26H51NO11/c1-2-3-4-9-31-11-13-33-15-17-35-19-21-37-23-24-38-22-20-36-18-16-34-14-12-32-10-7-25(28)27-8-5-6-26(29)30/h2-24H2,1H3,(H,27,28)(H,29,30). The second-order valence-electron chi connectivity index (χ2n) is 8.20. The summed E-state index contributed by atoms with van der Waals surface area (Å²) in [4.78, 5) is 21.9. The van der Waals surface area contributed by atoms with E-state index in [0.29, 0.717) is 112 Å². The van der Waals surface area contributed by atoms with Gasteiger partial charge in [-0.1, -0.05) is 19.8 Å². The van der Waals surface area contributed by atoms with Gasteiger partial charge >= 0.3 is 5.97 Å². The van der Waals surface area contributed by atoms with Crippen LogP contribution in [0.3, 0.4) is 0 Å². The van der Waals surface area contributed by atoms with Crippen LogP contribution in [0.1, 0.15) is 45.4 Å². The van der Waals surface area contributed by atoms with Crippen LogP contribution < -0.4 is 5.32 Å². The van der Waals surface area contributed by atoms with Gasteiger partial charge in [0.1, 0.15) is 0 Å². The Hall–Kier alpha value is -1.38. The number of nitrogens with one attached hydrogen (secondary N) is 1. The zero-order valence-electron chi connectivity index (χ0n) is 23.3. The molecular formula is C26H51NO11. The number of carboxylic acids is 1. The Morgan fingerprint density at radius 2 is 0.868 bits per heavy atom. The number of carbonyl (C=O) groups is 2. The van der Waals surface area contributed by atoms with Gasteiger partial charge < -0.3 is 48.3 Å². The summed E-state index contributed by atoms with van der Waals surface area (Å²) in [6.45, 7) is 10.7. The molecule has 0 saturated heterocycles. The minimum Gasteiger partial charge on any atom is -0.481 e. The molecule has 0 radical (unpaired) electrons. The zero-order chi connectivity index (χ0) is 27.8. The van der Waals surface area contributed by atoms with Crippen LogP contribution in [0.15, 0.2) is 0 Å². The van der Waals surface area contributed by atoms with Crippen molar-refractivity contribution in [3.05, 3.63) is 0 Å². The van der Waals surface area contributed by atoms with Crippen LogP contribution in [0.2, 0.25) is 0 Å². The van der Waals surface area contributed by atoms with E-state index in [2.05, 4.69) is 12.2 Å². The number of rotatable bonds is 32. The quantitative estimate of drug-likeness (QED) is 0.118. The summed E-state index contributed by atoms with van der Waals surface area (Å²) in [5.41, 5.74) is 0. The van der Waals surface area contributed by atoms with Crippen molar-refractivity contribution in [3.63, 3.8) is 0 Å². The van der Waals surface area contributed by atoms with E-state index < -0.39 is 5.97 Å². The maximum atomic E-state index is 11.5. The largest absolute Gasteiger partial charge is 0.481 e. The van der Waals surface area contributed by atoms with E-state index in [1.54, 1.807) is 0 Å². The fourth-order valence-electron chi connectivity index (χ4n) is 2.82. The van der Waals surface area contributed by atoms with Gasteiger partial charge in [-0.3, -0.25) is 9.59 Å². The first-order valence-corrected chi connectivity index (χ1v) is 13.8. The van der Waals surface area contributed by atoms with Crippen LogP contribution >= 0.6 is 0 Å². The third-order valence-corrected chi connectivity index (χ3v) is 4.86. The average Bonchev–Trinajstić information content (AvgIpc) is 2.90. The summed E-state index contributed by atoms with van der Waals surface area (Å²) in [6.07, 6.45) is 4.22. The maximum absolute atomic E-state index is 11.5. The van der Waals surface area contributed by atoms with Crippen LogP contribution in [-0.2, 0) is 47.5 Å². The molecule has 0 heterocycles. The van der Waals surface area contributed by atoms with Gasteiger partial charge in [0.25, 0.3) is 0 Å². The highest BCUT2D eigenvalue weighted by molar-refractivity contribution is 5.76. The molecule has 0 atom stereocenters. The third kappa shape index (κ3) is 32.6. The Morgan fingerprint density at radius 3 is 1.24 bits per heavy atom. The Kier molecular flexibility index (Phi) is 30.7. The first-order valence-electron chi connectivity index (χ1n) is 13.8. The first-order chi connectivity index (χ1) is 18.7. The highest BCUT2D eigenvalue weighted by Crippen LogP contribution is 1.94. The van der Waals surface area contributed by atoms with Gasteiger partial charge in [0, 0.05) is 26.0 Å². The summed E-state index contributed by atoms with van der Waals surface area (Å²) >= 11 is 0. The number of unbranched alkanes of at least 4 members (excludes halogenated alkanes) is 2. The minimum atomic E-state index is -0.868. The molecule has 0 rings (SSSR count). The fourth-order valence-corrected chi connectivity index (χ4v) is 2.82. The summed E-state index contributed by atoms with van der Waals surface area (Å²) in [7, 11) is 0. The van der Waals surface area contributed by atoms with Crippen molar-refractivity contribution in [2.45, 2.75) is 45.4 Å². The van der Waals surface area contributed by atoms with Crippen LogP contribution in [0.25, 0.3) is 0 Å². The average molecular weight is 554 g/mol. The lowest BCUT2D eigenvalue weighted by molar-refractivity contribution is -0.137. The van der Waals surface area contributed by atoms with E-state index in [1.165, 1.54) is 12.8 Å². The Bertz CT molecular complexity index is 512. The molecule has 12 heteroatoms. The van der Waals surface area contributed by atoms with Gasteiger partial charge in [-0.25, -0.2) is 0 Å². The molecule has 0 aromatic rings. The van der Waals surface area contributed by atoms with E-state index in [4.69, 9.17) is 43.0 Å². The molecule has 1 amide bonds. The molecule has 0 fully saturated rings. The number of aliphatic carboxylic acids is 1.